The topological polar surface area (TPSA) is 87.7 Å². The van der Waals surface area contributed by atoms with Crippen molar-refractivity contribution >= 4 is 17.9 Å². The first-order valence-electron chi connectivity index (χ1n) is 10.8. The molecule has 0 saturated heterocycles. The third-order valence-electron chi connectivity index (χ3n) is 5.28. The van der Waals surface area contributed by atoms with Crippen LogP contribution in [0.2, 0.25) is 0 Å². The number of ether oxygens (including phenoxy) is 1. The Morgan fingerprint density at radius 1 is 1.03 bits per heavy atom. The molecule has 2 aromatic rings. The fourth-order valence-electron chi connectivity index (χ4n) is 3.67. The molecule has 1 heterocycles. The van der Waals surface area contributed by atoms with Crippen molar-refractivity contribution in [1.29, 1.82) is 0 Å². The molecule has 3 rings (SSSR count). The van der Waals surface area contributed by atoms with Crippen LogP contribution >= 0.6 is 0 Å². The predicted octanol–water partition coefficient (Wildman–Crippen LogP) is 3.34. The predicted molar refractivity (Wildman–Crippen MR) is 122 cm³/mol. The molecule has 0 bridgehead atoms. The summed E-state index contributed by atoms with van der Waals surface area (Å²) < 4.78 is 5.53. The third kappa shape index (κ3) is 6.09. The van der Waals surface area contributed by atoms with E-state index in [1.807, 2.05) is 61.5 Å². The van der Waals surface area contributed by atoms with Crippen LogP contribution in [-0.4, -0.2) is 41.0 Å². The van der Waals surface area contributed by atoms with E-state index < -0.39 is 17.7 Å². The number of rotatable bonds is 5. The van der Waals surface area contributed by atoms with Gasteiger partial charge in [0.25, 0.3) is 0 Å². The highest BCUT2D eigenvalue weighted by Crippen LogP contribution is 2.25. The number of hydrogen-bond donors (Lipinski definition) is 2. The molecule has 2 N–H and O–H groups in total. The van der Waals surface area contributed by atoms with Crippen LogP contribution in [0.25, 0.3) is 0 Å². The zero-order valence-electron chi connectivity index (χ0n) is 19.1. The Kier molecular flexibility index (Phi) is 7.18. The van der Waals surface area contributed by atoms with Gasteiger partial charge in [-0.05, 0) is 44.4 Å². The SMILES string of the molecule is C[C@@H](NC(=O)CNC(=O)[C@@H]1Cc2ccccc2CN1C(=O)OC(C)(C)C)c1ccccc1. The molecule has 170 valence electrons. The lowest BCUT2D eigenvalue weighted by atomic mass is 9.94. The number of fused-ring (bicyclic) bond motifs is 1. The number of benzene rings is 2. The molecule has 2 aromatic carbocycles. The highest BCUT2D eigenvalue weighted by atomic mass is 16.6. The Balaban J connectivity index is 1.65. The summed E-state index contributed by atoms with van der Waals surface area (Å²) in [5.74, 6) is -0.678. The van der Waals surface area contributed by atoms with Gasteiger partial charge in [-0.25, -0.2) is 4.79 Å². The standard InChI is InChI=1S/C25H31N3O4/c1-17(18-10-6-5-7-11-18)27-22(29)15-26-23(30)21-14-19-12-8-9-13-20(19)16-28(21)24(31)32-25(2,3)4/h5-13,17,21H,14-16H2,1-4H3,(H,26,30)(H,27,29)/t17-,21+/m1/s1. The van der Waals surface area contributed by atoms with Gasteiger partial charge >= 0.3 is 6.09 Å². The number of carbonyl (C=O) groups excluding carboxylic acids is 3. The molecule has 7 heteroatoms. The van der Waals surface area contributed by atoms with Crippen LogP contribution in [0.1, 0.15) is 50.4 Å². The second-order valence-corrected chi connectivity index (χ2v) is 9.01. The van der Waals surface area contributed by atoms with E-state index >= 15 is 0 Å². The average Bonchev–Trinajstić information content (AvgIpc) is 2.76. The maximum Gasteiger partial charge on any atom is 0.411 e. The van der Waals surface area contributed by atoms with E-state index in [2.05, 4.69) is 10.6 Å². The second kappa shape index (κ2) is 9.85. The number of nitrogens with zero attached hydrogens (tertiary/aromatic N) is 1. The van der Waals surface area contributed by atoms with Gasteiger partial charge in [-0.1, -0.05) is 54.6 Å². The van der Waals surface area contributed by atoms with Gasteiger partial charge in [-0.15, -0.1) is 0 Å². The summed E-state index contributed by atoms with van der Waals surface area (Å²) in [5, 5.41) is 5.56. The molecule has 0 radical (unpaired) electrons. The van der Waals surface area contributed by atoms with Crippen LogP contribution in [0.15, 0.2) is 54.6 Å². The first-order chi connectivity index (χ1) is 15.1. The van der Waals surface area contributed by atoms with Gasteiger partial charge in [0.1, 0.15) is 11.6 Å². The van der Waals surface area contributed by atoms with Gasteiger partial charge in [0.15, 0.2) is 0 Å². The Bertz CT molecular complexity index is 969. The normalized spacial score (nSPS) is 16.5. The molecule has 2 atom stereocenters. The molecule has 32 heavy (non-hydrogen) atoms. The van der Waals surface area contributed by atoms with Crippen LogP contribution < -0.4 is 10.6 Å². The van der Waals surface area contributed by atoms with Crippen LogP contribution in [-0.2, 0) is 27.3 Å². The van der Waals surface area contributed by atoms with Crippen molar-refractivity contribution in [1.82, 2.24) is 15.5 Å². The maximum atomic E-state index is 13.0. The van der Waals surface area contributed by atoms with E-state index in [0.717, 1.165) is 16.7 Å². The molecular formula is C25H31N3O4. The van der Waals surface area contributed by atoms with Crippen molar-refractivity contribution in [2.45, 2.75) is 58.3 Å². The van der Waals surface area contributed by atoms with Gasteiger partial charge in [0.05, 0.1) is 19.1 Å². The average molecular weight is 438 g/mol. The summed E-state index contributed by atoms with van der Waals surface area (Å²) in [6, 6.07) is 16.4. The first kappa shape index (κ1) is 23.3. The van der Waals surface area contributed by atoms with Crippen molar-refractivity contribution in [3.63, 3.8) is 0 Å². The van der Waals surface area contributed by atoms with Gasteiger partial charge in [0, 0.05) is 6.42 Å². The minimum atomic E-state index is -0.751. The molecule has 1 aliphatic heterocycles. The zero-order chi connectivity index (χ0) is 23.3. The molecular weight excluding hydrogens is 406 g/mol. The largest absolute Gasteiger partial charge is 0.444 e. The van der Waals surface area contributed by atoms with E-state index in [0.29, 0.717) is 6.42 Å². The molecule has 1 aliphatic rings. The molecule has 0 spiro atoms. The maximum absolute atomic E-state index is 13.0. The van der Waals surface area contributed by atoms with Crippen molar-refractivity contribution in [3.05, 3.63) is 71.3 Å². The van der Waals surface area contributed by atoms with Gasteiger partial charge < -0.3 is 15.4 Å². The summed E-state index contributed by atoms with van der Waals surface area (Å²) in [7, 11) is 0. The minimum Gasteiger partial charge on any atom is -0.444 e. The number of amides is 3. The monoisotopic (exact) mass is 437 g/mol. The van der Waals surface area contributed by atoms with Gasteiger partial charge in [-0.2, -0.15) is 0 Å². The minimum absolute atomic E-state index is 0.170. The summed E-state index contributed by atoms with van der Waals surface area (Å²) in [6.45, 7) is 7.36. The van der Waals surface area contributed by atoms with Crippen LogP contribution in [0.4, 0.5) is 4.79 Å². The summed E-state index contributed by atoms with van der Waals surface area (Å²) in [5.41, 5.74) is 2.29. The van der Waals surface area contributed by atoms with Gasteiger partial charge in [-0.3, -0.25) is 14.5 Å². The number of nitrogens with one attached hydrogen (secondary N) is 2. The molecule has 3 amide bonds. The Labute approximate surface area is 189 Å². The highest BCUT2D eigenvalue weighted by Gasteiger charge is 2.37. The Hall–Kier alpha value is -3.35. The fourth-order valence-corrected chi connectivity index (χ4v) is 3.67. The molecule has 0 fully saturated rings. The van der Waals surface area contributed by atoms with E-state index in [1.54, 1.807) is 20.8 Å². The quantitative estimate of drug-likeness (QED) is 0.751. The smallest absolute Gasteiger partial charge is 0.411 e. The van der Waals surface area contributed by atoms with Crippen molar-refractivity contribution in [2.75, 3.05) is 6.54 Å². The molecule has 0 unspecified atom stereocenters. The summed E-state index contributed by atoms with van der Waals surface area (Å²) in [4.78, 5) is 39.7. The van der Waals surface area contributed by atoms with E-state index in [4.69, 9.17) is 4.74 Å². The van der Waals surface area contributed by atoms with Crippen molar-refractivity contribution in [3.8, 4) is 0 Å². The van der Waals surface area contributed by atoms with Crippen molar-refractivity contribution < 1.29 is 19.1 Å². The molecule has 0 saturated carbocycles. The lowest BCUT2D eigenvalue weighted by Crippen LogP contribution is -2.54. The number of hydrogen-bond acceptors (Lipinski definition) is 4. The third-order valence-corrected chi connectivity index (χ3v) is 5.28. The second-order valence-electron chi connectivity index (χ2n) is 9.01. The summed E-state index contributed by atoms with van der Waals surface area (Å²) in [6.07, 6.45) is -0.183. The van der Waals surface area contributed by atoms with E-state index in [-0.39, 0.29) is 30.9 Å². The van der Waals surface area contributed by atoms with Crippen LogP contribution in [0.3, 0.4) is 0 Å². The lowest BCUT2D eigenvalue weighted by molar-refractivity contribution is -0.130. The molecule has 0 aromatic heterocycles. The van der Waals surface area contributed by atoms with Crippen LogP contribution in [0, 0.1) is 0 Å². The molecule has 7 nitrogen and oxygen atoms in total. The Morgan fingerprint density at radius 2 is 1.66 bits per heavy atom. The number of carbonyl (C=O) groups is 3. The lowest BCUT2D eigenvalue weighted by Gasteiger charge is -2.36. The fraction of sp³-hybridized carbons (Fsp3) is 0.400. The van der Waals surface area contributed by atoms with E-state index in [9.17, 15) is 14.4 Å². The van der Waals surface area contributed by atoms with Crippen molar-refractivity contribution in [2.24, 2.45) is 0 Å². The first-order valence-corrected chi connectivity index (χ1v) is 10.8. The van der Waals surface area contributed by atoms with Crippen LogP contribution in [0.5, 0.6) is 0 Å². The van der Waals surface area contributed by atoms with Gasteiger partial charge in [0.2, 0.25) is 11.8 Å². The summed E-state index contributed by atoms with van der Waals surface area (Å²) >= 11 is 0. The Morgan fingerprint density at radius 3 is 2.31 bits per heavy atom. The van der Waals surface area contributed by atoms with E-state index in [1.165, 1.54) is 4.90 Å². The highest BCUT2D eigenvalue weighted by molar-refractivity contribution is 5.90. The molecule has 0 aliphatic carbocycles. The zero-order valence-corrected chi connectivity index (χ0v) is 19.1.